The van der Waals surface area contributed by atoms with Crippen LogP contribution in [-0.2, 0) is 6.54 Å². The van der Waals surface area contributed by atoms with Crippen molar-refractivity contribution in [3.63, 3.8) is 0 Å². The lowest BCUT2D eigenvalue weighted by Gasteiger charge is -2.05. The van der Waals surface area contributed by atoms with Gasteiger partial charge in [-0.1, -0.05) is 0 Å². The Labute approximate surface area is 109 Å². The molecule has 0 amide bonds. The van der Waals surface area contributed by atoms with Gasteiger partial charge in [-0.2, -0.15) is 0 Å². The second kappa shape index (κ2) is 6.15. The van der Waals surface area contributed by atoms with Gasteiger partial charge in [-0.3, -0.25) is 9.78 Å². The summed E-state index contributed by atoms with van der Waals surface area (Å²) in [5, 5.41) is 2.88. The number of hydrogen-bond donors (Lipinski definition) is 1. The van der Waals surface area contributed by atoms with Crippen molar-refractivity contribution in [1.82, 2.24) is 10.3 Å². The van der Waals surface area contributed by atoms with Gasteiger partial charge in [0.2, 0.25) is 0 Å². The number of carbonyl (C=O) groups is 1. The first-order valence-electron chi connectivity index (χ1n) is 5.74. The second-order valence-corrected chi connectivity index (χ2v) is 4.01. The molecule has 0 saturated heterocycles. The number of hydrogen-bond acceptors (Lipinski definition) is 3. The lowest BCUT2D eigenvalue weighted by Crippen LogP contribution is -2.23. The van der Waals surface area contributed by atoms with E-state index < -0.39 is 17.4 Å². The zero-order valence-corrected chi connectivity index (χ0v) is 10.1. The summed E-state index contributed by atoms with van der Waals surface area (Å²) in [6, 6.07) is 6.45. The fourth-order valence-corrected chi connectivity index (χ4v) is 1.63. The molecule has 1 aromatic heterocycles. The predicted molar refractivity (Wildman–Crippen MR) is 66.6 cm³/mol. The van der Waals surface area contributed by atoms with Crippen LogP contribution in [0.5, 0.6) is 0 Å². The summed E-state index contributed by atoms with van der Waals surface area (Å²) in [4.78, 5) is 15.6. The monoisotopic (exact) mass is 262 g/mol. The van der Waals surface area contributed by atoms with Crippen LogP contribution in [0.3, 0.4) is 0 Å². The smallest absolute Gasteiger partial charge is 0.179 e. The van der Waals surface area contributed by atoms with Crippen molar-refractivity contribution in [1.29, 1.82) is 0 Å². The standard InChI is InChI=1S/C14H12F2N2O/c15-11-1-2-13(16)12(7-11)14(19)9-18-8-10-3-5-17-6-4-10/h1-7,18H,8-9H2. The maximum atomic E-state index is 13.3. The third-order valence-corrected chi connectivity index (χ3v) is 2.59. The van der Waals surface area contributed by atoms with Gasteiger partial charge >= 0.3 is 0 Å². The number of Topliss-reactive ketones (excluding diaryl/α,β-unsaturated/α-hetero) is 1. The highest BCUT2D eigenvalue weighted by Gasteiger charge is 2.12. The quantitative estimate of drug-likeness (QED) is 0.841. The predicted octanol–water partition coefficient (Wildman–Crippen LogP) is 2.33. The number of rotatable bonds is 5. The van der Waals surface area contributed by atoms with E-state index in [4.69, 9.17) is 0 Å². The summed E-state index contributed by atoms with van der Waals surface area (Å²) in [6.45, 7) is 0.411. The molecule has 5 heteroatoms. The van der Waals surface area contributed by atoms with E-state index in [9.17, 15) is 13.6 Å². The van der Waals surface area contributed by atoms with Gasteiger partial charge in [0.15, 0.2) is 5.78 Å². The van der Waals surface area contributed by atoms with Gasteiger partial charge in [0.25, 0.3) is 0 Å². The van der Waals surface area contributed by atoms with E-state index >= 15 is 0 Å². The molecule has 1 aromatic carbocycles. The Kier molecular flexibility index (Phi) is 4.30. The van der Waals surface area contributed by atoms with Crippen LogP contribution in [0.2, 0.25) is 0 Å². The Morgan fingerprint density at radius 1 is 1.16 bits per heavy atom. The van der Waals surface area contributed by atoms with Gasteiger partial charge in [-0.05, 0) is 35.9 Å². The highest BCUT2D eigenvalue weighted by molar-refractivity contribution is 5.97. The number of nitrogens with one attached hydrogen (secondary N) is 1. The minimum absolute atomic E-state index is 0.0529. The fourth-order valence-electron chi connectivity index (χ4n) is 1.63. The zero-order valence-electron chi connectivity index (χ0n) is 10.1. The molecule has 0 unspecified atom stereocenters. The molecule has 0 spiro atoms. The van der Waals surface area contributed by atoms with Crippen molar-refractivity contribution < 1.29 is 13.6 Å². The lowest BCUT2D eigenvalue weighted by molar-refractivity contribution is 0.0986. The van der Waals surface area contributed by atoms with Crippen LogP contribution < -0.4 is 5.32 Å². The summed E-state index contributed by atoms with van der Waals surface area (Å²) < 4.78 is 26.3. The van der Waals surface area contributed by atoms with Crippen LogP contribution in [-0.4, -0.2) is 17.3 Å². The average molecular weight is 262 g/mol. The Balaban J connectivity index is 1.93. The number of benzene rings is 1. The van der Waals surface area contributed by atoms with Crippen LogP contribution in [0.15, 0.2) is 42.7 Å². The maximum Gasteiger partial charge on any atom is 0.179 e. The summed E-state index contributed by atoms with van der Waals surface area (Å²) in [5.74, 6) is -1.82. The van der Waals surface area contributed by atoms with Crippen LogP contribution in [0.1, 0.15) is 15.9 Å². The maximum absolute atomic E-state index is 13.3. The van der Waals surface area contributed by atoms with Crippen molar-refractivity contribution in [2.24, 2.45) is 0 Å². The van der Waals surface area contributed by atoms with Gasteiger partial charge in [0.1, 0.15) is 11.6 Å². The highest BCUT2D eigenvalue weighted by Crippen LogP contribution is 2.10. The highest BCUT2D eigenvalue weighted by atomic mass is 19.1. The molecule has 0 saturated carbocycles. The van der Waals surface area contributed by atoms with Crippen molar-refractivity contribution >= 4 is 5.78 Å². The van der Waals surface area contributed by atoms with Gasteiger partial charge in [0.05, 0.1) is 12.1 Å². The van der Waals surface area contributed by atoms with E-state index in [-0.39, 0.29) is 12.1 Å². The molecule has 0 atom stereocenters. The number of nitrogens with zero attached hydrogens (tertiary/aromatic N) is 1. The van der Waals surface area contributed by atoms with Crippen molar-refractivity contribution in [2.45, 2.75) is 6.54 Å². The largest absolute Gasteiger partial charge is 0.306 e. The Morgan fingerprint density at radius 2 is 1.89 bits per heavy atom. The number of ketones is 1. The average Bonchev–Trinajstić information content (AvgIpc) is 2.42. The zero-order chi connectivity index (χ0) is 13.7. The van der Waals surface area contributed by atoms with Crippen molar-refractivity contribution in [2.75, 3.05) is 6.54 Å². The Morgan fingerprint density at radius 3 is 2.63 bits per heavy atom. The summed E-state index contributed by atoms with van der Waals surface area (Å²) >= 11 is 0. The first-order valence-corrected chi connectivity index (χ1v) is 5.74. The molecule has 0 bridgehead atoms. The van der Waals surface area contributed by atoms with Crippen LogP contribution in [0.4, 0.5) is 8.78 Å². The third-order valence-electron chi connectivity index (χ3n) is 2.59. The van der Waals surface area contributed by atoms with E-state index in [0.717, 1.165) is 23.8 Å². The minimum Gasteiger partial charge on any atom is -0.306 e. The van der Waals surface area contributed by atoms with E-state index in [1.165, 1.54) is 0 Å². The van der Waals surface area contributed by atoms with Gasteiger partial charge < -0.3 is 5.32 Å². The topological polar surface area (TPSA) is 42.0 Å². The number of halogens is 2. The molecular weight excluding hydrogens is 250 g/mol. The molecule has 1 heterocycles. The van der Waals surface area contributed by atoms with E-state index in [2.05, 4.69) is 10.3 Å². The fraction of sp³-hybridized carbons (Fsp3) is 0.143. The molecule has 98 valence electrons. The molecule has 0 aliphatic heterocycles. The van der Waals surface area contributed by atoms with Crippen molar-refractivity contribution in [3.8, 4) is 0 Å². The molecule has 0 radical (unpaired) electrons. The molecule has 2 aromatic rings. The molecule has 2 rings (SSSR count). The summed E-state index contributed by atoms with van der Waals surface area (Å²) in [7, 11) is 0. The number of pyridine rings is 1. The first-order chi connectivity index (χ1) is 9.16. The van der Waals surface area contributed by atoms with Gasteiger partial charge in [0, 0.05) is 18.9 Å². The summed E-state index contributed by atoms with van der Waals surface area (Å²) in [5.41, 5.74) is 0.727. The SMILES string of the molecule is O=C(CNCc1ccncc1)c1cc(F)ccc1F. The molecule has 3 nitrogen and oxygen atoms in total. The molecule has 19 heavy (non-hydrogen) atoms. The Bertz CT molecular complexity index is 573. The molecular formula is C14H12F2N2O. The summed E-state index contributed by atoms with van der Waals surface area (Å²) in [6.07, 6.45) is 3.29. The van der Waals surface area contributed by atoms with Crippen LogP contribution in [0.25, 0.3) is 0 Å². The normalized spacial score (nSPS) is 10.4. The van der Waals surface area contributed by atoms with E-state index in [1.54, 1.807) is 24.5 Å². The van der Waals surface area contributed by atoms with Gasteiger partial charge in [-0.15, -0.1) is 0 Å². The molecule has 1 N–H and O–H groups in total. The molecule has 0 aliphatic rings. The first kappa shape index (κ1) is 13.3. The van der Waals surface area contributed by atoms with E-state index in [0.29, 0.717) is 6.54 Å². The van der Waals surface area contributed by atoms with Crippen molar-refractivity contribution in [3.05, 3.63) is 65.5 Å². The molecule has 0 fully saturated rings. The van der Waals surface area contributed by atoms with E-state index in [1.807, 2.05) is 0 Å². The van der Waals surface area contributed by atoms with Gasteiger partial charge in [-0.25, -0.2) is 8.78 Å². The number of aromatic nitrogens is 1. The molecule has 0 aliphatic carbocycles. The second-order valence-electron chi connectivity index (χ2n) is 4.01. The lowest BCUT2D eigenvalue weighted by atomic mass is 10.1. The number of carbonyl (C=O) groups excluding carboxylic acids is 1. The third kappa shape index (κ3) is 3.66. The Hall–Kier alpha value is -2.14. The van der Waals surface area contributed by atoms with Crippen LogP contribution >= 0.6 is 0 Å². The minimum atomic E-state index is -0.711. The van der Waals surface area contributed by atoms with Crippen LogP contribution in [0, 0.1) is 11.6 Å².